The maximum atomic E-state index is 13.3. The number of hydrogen-bond donors (Lipinski definition) is 0. The number of sulfone groups is 1. The molecule has 7 aromatic rings. The Kier molecular flexibility index (Phi) is 6.43. The molecule has 0 unspecified atom stereocenters. The SMILES string of the molecule is O=S1(=O)c2ccccc2-c2cc(-c3nc(-c4cccc(-c5ccccc5)c4)nc(-c4cccc(-c5ccccc5)c4)n3)ccc21. The van der Waals surface area contributed by atoms with Gasteiger partial charge in [0.05, 0.1) is 9.79 Å². The van der Waals surface area contributed by atoms with Crippen LogP contribution in [0.2, 0.25) is 0 Å². The fourth-order valence-corrected chi connectivity index (χ4v) is 7.52. The summed E-state index contributed by atoms with van der Waals surface area (Å²) in [7, 11) is -3.58. The third-order valence-electron chi connectivity index (χ3n) is 8.09. The highest BCUT2D eigenvalue weighted by molar-refractivity contribution is 7.92. The molecule has 0 amide bonds. The van der Waals surface area contributed by atoms with Gasteiger partial charge in [0, 0.05) is 27.8 Å². The van der Waals surface area contributed by atoms with Gasteiger partial charge in [0.1, 0.15) is 0 Å². The van der Waals surface area contributed by atoms with Crippen molar-refractivity contribution >= 4 is 9.84 Å². The molecule has 0 fully saturated rings. The molecule has 8 rings (SSSR count). The van der Waals surface area contributed by atoms with E-state index in [0.717, 1.165) is 33.4 Å². The Bertz CT molecular complexity index is 2240. The summed E-state index contributed by atoms with van der Waals surface area (Å²) < 4.78 is 26.5. The van der Waals surface area contributed by atoms with Crippen molar-refractivity contribution in [2.24, 2.45) is 0 Å². The smallest absolute Gasteiger partial charge is 0.207 e. The van der Waals surface area contributed by atoms with Crippen LogP contribution < -0.4 is 0 Å². The van der Waals surface area contributed by atoms with Crippen molar-refractivity contribution in [2.75, 3.05) is 0 Å². The second kappa shape index (κ2) is 10.8. The molecule has 0 saturated carbocycles. The number of hydrogen-bond acceptors (Lipinski definition) is 5. The lowest BCUT2D eigenvalue weighted by molar-refractivity contribution is 0.598. The molecule has 0 radical (unpaired) electrons. The summed E-state index contributed by atoms with van der Waals surface area (Å²) in [5.74, 6) is 1.53. The maximum Gasteiger partial charge on any atom is 0.207 e. The molecule has 1 aromatic heterocycles. The fraction of sp³-hybridized carbons (Fsp3) is 0. The Morgan fingerprint density at radius 3 is 1.31 bits per heavy atom. The topological polar surface area (TPSA) is 72.8 Å². The standard InChI is InChI=1S/C39H25N3O2S/c43-45(44)35-20-8-7-19-33(35)34-25-32(21-22-36(34)45)39-41-37(30-17-9-15-28(23-30)26-11-3-1-4-12-26)40-38(42-39)31-18-10-16-29(24-31)27-13-5-2-6-14-27/h1-25H. The van der Waals surface area contributed by atoms with Gasteiger partial charge >= 0.3 is 0 Å². The molecule has 1 aliphatic rings. The molecular formula is C39H25N3O2S. The molecule has 1 aliphatic heterocycles. The summed E-state index contributed by atoms with van der Waals surface area (Å²) in [6.45, 7) is 0. The van der Waals surface area contributed by atoms with E-state index in [1.54, 1.807) is 24.3 Å². The van der Waals surface area contributed by atoms with Gasteiger partial charge in [0.15, 0.2) is 17.5 Å². The summed E-state index contributed by atoms with van der Waals surface area (Å²) >= 11 is 0. The molecule has 0 atom stereocenters. The highest BCUT2D eigenvalue weighted by Gasteiger charge is 2.33. The minimum atomic E-state index is -3.58. The average molecular weight is 600 g/mol. The third-order valence-corrected chi connectivity index (χ3v) is 9.96. The highest BCUT2D eigenvalue weighted by atomic mass is 32.2. The van der Waals surface area contributed by atoms with Gasteiger partial charge in [-0.05, 0) is 58.7 Å². The summed E-state index contributed by atoms with van der Waals surface area (Å²) in [6, 6.07) is 49.2. The molecule has 6 aromatic carbocycles. The van der Waals surface area contributed by atoms with Gasteiger partial charge < -0.3 is 0 Å². The zero-order valence-electron chi connectivity index (χ0n) is 24.0. The zero-order chi connectivity index (χ0) is 30.4. The predicted octanol–water partition coefficient (Wildman–Crippen LogP) is 9.02. The van der Waals surface area contributed by atoms with Gasteiger partial charge in [-0.2, -0.15) is 0 Å². The Labute approximate surface area is 261 Å². The van der Waals surface area contributed by atoms with Crippen LogP contribution in [0, 0.1) is 0 Å². The summed E-state index contributed by atoms with van der Waals surface area (Å²) in [5, 5.41) is 0. The summed E-state index contributed by atoms with van der Waals surface area (Å²) in [4.78, 5) is 15.5. The Morgan fingerprint density at radius 1 is 0.333 bits per heavy atom. The minimum absolute atomic E-state index is 0.299. The fourth-order valence-electron chi connectivity index (χ4n) is 5.86. The van der Waals surface area contributed by atoms with E-state index in [0.29, 0.717) is 44.0 Å². The summed E-state index contributed by atoms with van der Waals surface area (Å²) in [5.41, 5.74) is 8.08. The van der Waals surface area contributed by atoms with E-state index in [4.69, 9.17) is 15.0 Å². The second-order valence-electron chi connectivity index (χ2n) is 10.9. The minimum Gasteiger partial charge on any atom is -0.218 e. The van der Waals surface area contributed by atoms with Crippen molar-refractivity contribution in [1.82, 2.24) is 15.0 Å². The zero-order valence-corrected chi connectivity index (χ0v) is 24.8. The number of nitrogens with zero attached hydrogens (tertiary/aromatic N) is 3. The van der Waals surface area contributed by atoms with Crippen LogP contribution in [0.3, 0.4) is 0 Å². The Morgan fingerprint density at radius 2 is 0.756 bits per heavy atom. The van der Waals surface area contributed by atoms with E-state index in [1.165, 1.54) is 0 Å². The van der Waals surface area contributed by atoms with Crippen LogP contribution in [-0.4, -0.2) is 23.4 Å². The molecule has 0 saturated heterocycles. The largest absolute Gasteiger partial charge is 0.218 e. The van der Waals surface area contributed by atoms with Crippen LogP contribution in [0.15, 0.2) is 161 Å². The van der Waals surface area contributed by atoms with E-state index < -0.39 is 9.84 Å². The molecule has 5 nitrogen and oxygen atoms in total. The molecule has 0 aliphatic carbocycles. The third kappa shape index (κ3) is 4.82. The van der Waals surface area contributed by atoms with Crippen LogP contribution in [0.1, 0.15) is 0 Å². The van der Waals surface area contributed by atoms with Crippen molar-refractivity contribution in [1.29, 1.82) is 0 Å². The lowest BCUT2D eigenvalue weighted by atomic mass is 10.0. The lowest BCUT2D eigenvalue weighted by Gasteiger charge is -2.11. The second-order valence-corrected chi connectivity index (χ2v) is 12.8. The number of rotatable bonds is 5. The molecule has 0 bridgehead atoms. The first-order valence-electron chi connectivity index (χ1n) is 14.6. The molecule has 6 heteroatoms. The van der Waals surface area contributed by atoms with E-state index in [2.05, 4.69) is 48.5 Å². The molecule has 0 spiro atoms. The average Bonchev–Trinajstić information content (AvgIpc) is 3.34. The van der Waals surface area contributed by atoms with E-state index in [9.17, 15) is 8.42 Å². The number of aromatic nitrogens is 3. The van der Waals surface area contributed by atoms with Gasteiger partial charge in [-0.15, -0.1) is 0 Å². The molecule has 0 N–H and O–H groups in total. The summed E-state index contributed by atoms with van der Waals surface area (Å²) in [6.07, 6.45) is 0. The molecule has 214 valence electrons. The van der Waals surface area contributed by atoms with Gasteiger partial charge in [-0.3, -0.25) is 0 Å². The van der Waals surface area contributed by atoms with Crippen LogP contribution in [0.5, 0.6) is 0 Å². The normalized spacial score (nSPS) is 12.8. The maximum absolute atomic E-state index is 13.3. The quantitative estimate of drug-likeness (QED) is 0.197. The van der Waals surface area contributed by atoms with Gasteiger partial charge in [-0.25, -0.2) is 23.4 Å². The first-order chi connectivity index (χ1) is 22.0. The van der Waals surface area contributed by atoms with E-state index in [-0.39, 0.29) is 0 Å². The molecular weight excluding hydrogens is 575 g/mol. The Hall–Kier alpha value is -5.72. The van der Waals surface area contributed by atoms with E-state index in [1.807, 2.05) is 78.9 Å². The van der Waals surface area contributed by atoms with Crippen molar-refractivity contribution in [2.45, 2.75) is 9.79 Å². The van der Waals surface area contributed by atoms with Crippen LogP contribution in [-0.2, 0) is 9.84 Å². The van der Waals surface area contributed by atoms with Crippen LogP contribution in [0.25, 0.3) is 67.5 Å². The number of fused-ring (bicyclic) bond motifs is 3. The van der Waals surface area contributed by atoms with Crippen molar-refractivity contribution in [3.8, 4) is 67.5 Å². The van der Waals surface area contributed by atoms with Gasteiger partial charge in [-0.1, -0.05) is 115 Å². The van der Waals surface area contributed by atoms with Gasteiger partial charge in [0.2, 0.25) is 9.84 Å². The Balaban J connectivity index is 1.31. The van der Waals surface area contributed by atoms with Crippen LogP contribution in [0.4, 0.5) is 0 Å². The predicted molar refractivity (Wildman–Crippen MR) is 178 cm³/mol. The van der Waals surface area contributed by atoms with Crippen molar-refractivity contribution < 1.29 is 8.42 Å². The number of benzene rings is 6. The van der Waals surface area contributed by atoms with Crippen LogP contribution >= 0.6 is 0 Å². The van der Waals surface area contributed by atoms with Gasteiger partial charge in [0.25, 0.3) is 0 Å². The molecule has 2 heterocycles. The van der Waals surface area contributed by atoms with E-state index >= 15 is 0 Å². The van der Waals surface area contributed by atoms with Crippen molar-refractivity contribution in [3.05, 3.63) is 152 Å². The first kappa shape index (κ1) is 26.9. The lowest BCUT2D eigenvalue weighted by Crippen LogP contribution is -2.01. The highest BCUT2D eigenvalue weighted by Crippen LogP contribution is 2.44. The first-order valence-corrected chi connectivity index (χ1v) is 16.1. The monoisotopic (exact) mass is 599 g/mol. The van der Waals surface area contributed by atoms with Crippen molar-refractivity contribution in [3.63, 3.8) is 0 Å². The molecule has 45 heavy (non-hydrogen) atoms.